The third-order valence-electron chi connectivity index (χ3n) is 5.72. The maximum atomic E-state index is 12.7. The highest BCUT2D eigenvalue weighted by Gasteiger charge is 2.47. The molecule has 31 heavy (non-hydrogen) atoms. The standard InChI is InChI=1S/C27H26ClO2P/c1-21(28)30-26(29)20-24-16-11-19-31(25-17-9-4-10-18-25)27(24,22-12-5-2-6-13-22)23-14-7-3-8-15-23/h2-10,12-15,17-18,20-21H,11,16,19H2,1H3. The van der Waals surface area contributed by atoms with Crippen LogP contribution in [0.5, 0.6) is 0 Å². The molecule has 3 aromatic rings. The molecule has 4 heteroatoms. The van der Waals surface area contributed by atoms with Gasteiger partial charge in [0.2, 0.25) is 0 Å². The molecule has 2 atom stereocenters. The van der Waals surface area contributed by atoms with Crippen molar-refractivity contribution in [1.29, 1.82) is 0 Å². The topological polar surface area (TPSA) is 26.3 Å². The second-order valence-electron chi connectivity index (χ2n) is 7.68. The minimum Gasteiger partial charge on any atom is -0.443 e. The lowest BCUT2D eigenvalue weighted by Gasteiger charge is -2.48. The van der Waals surface area contributed by atoms with E-state index in [1.807, 2.05) is 12.1 Å². The number of halogens is 1. The molecule has 1 saturated heterocycles. The number of hydrogen-bond donors (Lipinski definition) is 0. The molecular formula is C27H26ClO2P. The summed E-state index contributed by atoms with van der Waals surface area (Å²) in [5, 5.41) is 0.946. The van der Waals surface area contributed by atoms with Crippen molar-refractivity contribution in [2.45, 2.75) is 30.5 Å². The van der Waals surface area contributed by atoms with Crippen LogP contribution in [0.3, 0.4) is 0 Å². The SMILES string of the molecule is CC(Cl)OC(=O)C=C1CCCP(c2ccccc2)C1(c1ccccc1)c1ccccc1. The second kappa shape index (κ2) is 9.81. The summed E-state index contributed by atoms with van der Waals surface area (Å²) in [4.78, 5) is 12.7. The highest BCUT2D eigenvalue weighted by molar-refractivity contribution is 7.67. The summed E-state index contributed by atoms with van der Waals surface area (Å²) in [7, 11) is -0.666. The van der Waals surface area contributed by atoms with Crippen molar-refractivity contribution in [3.63, 3.8) is 0 Å². The van der Waals surface area contributed by atoms with Gasteiger partial charge in [0.25, 0.3) is 0 Å². The predicted molar refractivity (Wildman–Crippen MR) is 130 cm³/mol. The van der Waals surface area contributed by atoms with Gasteiger partial charge in [0.15, 0.2) is 5.56 Å². The number of benzene rings is 3. The number of esters is 1. The van der Waals surface area contributed by atoms with Gasteiger partial charge in [0.05, 0.1) is 5.16 Å². The average molecular weight is 449 g/mol. The lowest BCUT2D eigenvalue weighted by atomic mass is 9.81. The zero-order chi connectivity index (χ0) is 21.7. The van der Waals surface area contributed by atoms with Crippen LogP contribution < -0.4 is 5.30 Å². The molecule has 0 N–H and O–H groups in total. The van der Waals surface area contributed by atoms with Crippen LogP contribution in [0.2, 0.25) is 0 Å². The van der Waals surface area contributed by atoms with Crippen molar-refractivity contribution in [3.8, 4) is 0 Å². The molecule has 0 bridgehead atoms. The second-order valence-corrected chi connectivity index (χ2v) is 10.8. The zero-order valence-corrected chi connectivity index (χ0v) is 19.2. The van der Waals surface area contributed by atoms with Crippen molar-refractivity contribution < 1.29 is 9.53 Å². The van der Waals surface area contributed by atoms with Crippen LogP contribution in [0.25, 0.3) is 0 Å². The Balaban J connectivity index is 2.00. The molecule has 1 fully saturated rings. The molecule has 0 spiro atoms. The van der Waals surface area contributed by atoms with Crippen molar-refractivity contribution in [3.05, 3.63) is 114 Å². The lowest BCUT2D eigenvalue weighted by Crippen LogP contribution is -2.36. The summed E-state index contributed by atoms with van der Waals surface area (Å²) in [6, 6.07) is 32.0. The number of rotatable bonds is 5. The average Bonchev–Trinajstić information content (AvgIpc) is 2.80. The zero-order valence-electron chi connectivity index (χ0n) is 17.6. The summed E-state index contributed by atoms with van der Waals surface area (Å²) in [6.07, 6.45) is 4.69. The van der Waals surface area contributed by atoms with Crippen molar-refractivity contribution in [1.82, 2.24) is 0 Å². The normalized spacial score (nSPS) is 20.2. The van der Waals surface area contributed by atoms with Gasteiger partial charge in [-0.1, -0.05) is 111 Å². The molecule has 2 nitrogen and oxygen atoms in total. The van der Waals surface area contributed by atoms with Crippen LogP contribution >= 0.6 is 19.5 Å². The Bertz CT molecular complexity index is 993. The highest BCUT2D eigenvalue weighted by atomic mass is 35.5. The van der Waals surface area contributed by atoms with Gasteiger partial charge in [0, 0.05) is 6.08 Å². The van der Waals surface area contributed by atoms with Crippen LogP contribution in [0.15, 0.2) is 103 Å². The van der Waals surface area contributed by atoms with E-state index >= 15 is 0 Å². The third kappa shape index (κ3) is 4.47. The van der Waals surface area contributed by atoms with Crippen LogP contribution in [-0.4, -0.2) is 17.7 Å². The fraction of sp³-hybridized carbons (Fsp3) is 0.222. The van der Waals surface area contributed by atoms with E-state index in [9.17, 15) is 4.79 Å². The van der Waals surface area contributed by atoms with Crippen LogP contribution in [0.1, 0.15) is 30.9 Å². The summed E-state index contributed by atoms with van der Waals surface area (Å²) in [5.41, 5.74) is 2.88. The van der Waals surface area contributed by atoms with Crippen molar-refractivity contribution in [2.24, 2.45) is 0 Å². The molecule has 158 valence electrons. The molecular weight excluding hydrogens is 423 g/mol. The van der Waals surface area contributed by atoms with E-state index in [1.54, 1.807) is 13.0 Å². The third-order valence-corrected chi connectivity index (χ3v) is 9.11. The Morgan fingerprint density at radius 3 is 1.97 bits per heavy atom. The van der Waals surface area contributed by atoms with Crippen LogP contribution in [0, 0.1) is 0 Å². The van der Waals surface area contributed by atoms with E-state index in [4.69, 9.17) is 16.3 Å². The number of hydrogen-bond acceptors (Lipinski definition) is 2. The molecule has 0 amide bonds. The Kier molecular flexibility index (Phi) is 6.90. The monoisotopic (exact) mass is 448 g/mol. The molecule has 4 rings (SSSR count). The molecule has 1 heterocycles. The minimum atomic E-state index is -0.666. The van der Waals surface area contributed by atoms with Gasteiger partial charge >= 0.3 is 5.97 Å². The van der Waals surface area contributed by atoms with Crippen LogP contribution in [-0.2, 0) is 14.7 Å². The molecule has 3 aromatic carbocycles. The van der Waals surface area contributed by atoms with Crippen molar-refractivity contribution in [2.75, 3.05) is 6.16 Å². The van der Waals surface area contributed by atoms with E-state index in [2.05, 4.69) is 78.9 Å². The number of carbonyl (C=O) groups is 1. The van der Waals surface area contributed by atoms with E-state index in [-0.39, 0.29) is 5.97 Å². The molecule has 0 aliphatic carbocycles. The van der Waals surface area contributed by atoms with E-state index in [0.717, 1.165) is 24.6 Å². The molecule has 1 aliphatic heterocycles. The maximum absolute atomic E-state index is 12.7. The van der Waals surface area contributed by atoms with E-state index < -0.39 is 18.6 Å². The van der Waals surface area contributed by atoms with Gasteiger partial charge in [-0.25, -0.2) is 4.79 Å². The summed E-state index contributed by atoms with van der Waals surface area (Å²) >= 11 is 5.95. The van der Waals surface area contributed by atoms with Gasteiger partial charge in [-0.3, -0.25) is 0 Å². The molecule has 0 radical (unpaired) electrons. The van der Waals surface area contributed by atoms with Crippen molar-refractivity contribution >= 4 is 30.8 Å². The molecule has 0 saturated carbocycles. The van der Waals surface area contributed by atoms with Gasteiger partial charge in [-0.15, -0.1) is 0 Å². The Labute approximate surface area is 190 Å². The lowest BCUT2D eigenvalue weighted by molar-refractivity contribution is -0.138. The predicted octanol–water partition coefficient (Wildman–Crippen LogP) is 6.59. The van der Waals surface area contributed by atoms with Gasteiger partial charge in [0.1, 0.15) is 0 Å². The van der Waals surface area contributed by atoms with Gasteiger partial charge < -0.3 is 4.74 Å². The number of alkyl halides is 1. The first-order valence-corrected chi connectivity index (χ1v) is 12.6. The molecule has 2 unspecified atom stereocenters. The minimum absolute atomic E-state index is 0.376. The Morgan fingerprint density at radius 1 is 0.935 bits per heavy atom. The Hall–Kier alpha value is -2.41. The summed E-state index contributed by atoms with van der Waals surface area (Å²) in [5.74, 6) is -0.376. The summed E-state index contributed by atoms with van der Waals surface area (Å²) in [6.45, 7) is 1.66. The highest BCUT2D eigenvalue weighted by Crippen LogP contribution is 2.66. The van der Waals surface area contributed by atoms with Gasteiger partial charge in [-0.05, 0) is 47.9 Å². The van der Waals surface area contributed by atoms with Crippen LogP contribution in [0.4, 0.5) is 0 Å². The van der Waals surface area contributed by atoms with E-state index in [1.165, 1.54) is 16.4 Å². The fourth-order valence-electron chi connectivity index (χ4n) is 4.60. The maximum Gasteiger partial charge on any atom is 0.332 e. The molecule has 0 aromatic heterocycles. The molecule has 1 aliphatic rings. The fourth-order valence-corrected chi connectivity index (χ4v) is 8.12. The number of carbonyl (C=O) groups excluding carboxylic acids is 1. The number of ether oxygens (including phenoxy) is 1. The largest absolute Gasteiger partial charge is 0.443 e. The summed E-state index contributed by atoms with van der Waals surface area (Å²) < 4.78 is 5.32. The first-order valence-electron chi connectivity index (χ1n) is 10.6. The van der Waals surface area contributed by atoms with E-state index in [0.29, 0.717) is 0 Å². The van der Waals surface area contributed by atoms with Gasteiger partial charge in [-0.2, -0.15) is 0 Å². The number of allylic oxidation sites excluding steroid dienone is 1. The first-order chi connectivity index (χ1) is 15.1. The smallest absolute Gasteiger partial charge is 0.332 e. The Morgan fingerprint density at radius 2 is 1.45 bits per heavy atom. The first kappa shape index (κ1) is 21.8. The quantitative estimate of drug-likeness (QED) is 0.190.